The number of hydrogen-bond acceptors (Lipinski definition) is 8. The second kappa shape index (κ2) is 10.5. The first-order valence-electron chi connectivity index (χ1n) is 14.0. The molecule has 42 heavy (non-hydrogen) atoms. The van der Waals surface area contributed by atoms with Gasteiger partial charge in [0.2, 0.25) is 5.91 Å². The molecule has 1 amide bonds. The van der Waals surface area contributed by atoms with E-state index in [1.807, 2.05) is 24.0 Å². The number of ether oxygens (including phenoxy) is 1. The van der Waals surface area contributed by atoms with Crippen molar-refractivity contribution in [1.29, 1.82) is 0 Å². The summed E-state index contributed by atoms with van der Waals surface area (Å²) in [5.74, 6) is 1.48. The Labute approximate surface area is 241 Å². The third-order valence-corrected chi connectivity index (χ3v) is 8.36. The number of fused-ring (bicyclic) bond motifs is 6. The summed E-state index contributed by atoms with van der Waals surface area (Å²) in [5, 5.41) is 7.22. The first-order chi connectivity index (χ1) is 20.4. The minimum absolute atomic E-state index is 0.00170. The van der Waals surface area contributed by atoms with Crippen LogP contribution in [-0.4, -0.2) is 52.9 Å². The molecule has 2 aliphatic heterocycles. The van der Waals surface area contributed by atoms with Gasteiger partial charge in [-0.1, -0.05) is 6.58 Å². The summed E-state index contributed by atoms with van der Waals surface area (Å²) >= 11 is 0. The second-order valence-corrected chi connectivity index (χ2v) is 11.0. The minimum atomic E-state index is -0.491. The molecule has 0 unspecified atom stereocenters. The van der Waals surface area contributed by atoms with Gasteiger partial charge < -0.3 is 15.0 Å². The first-order valence-corrected chi connectivity index (χ1v) is 14.0. The van der Waals surface area contributed by atoms with Crippen LogP contribution in [0.1, 0.15) is 42.9 Å². The molecule has 2 bridgehead atoms. The Morgan fingerprint density at radius 3 is 2.90 bits per heavy atom. The molecule has 0 spiro atoms. The summed E-state index contributed by atoms with van der Waals surface area (Å²) < 4.78 is 23.0. The minimum Gasteiger partial charge on any atom is -0.457 e. The number of halogens is 1. The quantitative estimate of drug-likeness (QED) is 0.261. The van der Waals surface area contributed by atoms with Crippen molar-refractivity contribution in [2.24, 2.45) is 5.92 Å². The molecule has 3 aliphatic rings. The highest BCUT2D eigenvalue weighted by Crippen LogP contribution is 2.41. The van der Waals surface area contributed by atoms with Gasteiger partial charge in [0.05, 0.1) is 11.2 Å². The maximum atomic E-state index is 15.4. The number of benzene rings is 1. The summed E-state index contributed by atoms with van der Waals surface area (Å²) in [4.78, 5) is 32.4. The van der Waals surface area contributed by atoms with E-state index in [2.05, 4.69) is 31.9 Å². The van der Waals surface area contributed by atoms with Crippen LogP contribution in [0.5, 0.6) is 11.5 Å². The van der Waals surface area contributed by atoms with Gasteiger partial charge >= 0.3 is 0 Å². The van der Waals surface area contributed by atoms with Gasteiger partial charge in [0.1, 0.15) is 35.5 Å². The number of aromatic nitrogens is 6. The Morgan fingerprint density at radius 1 is 1.12 bits per heavy atom. The molecular weight excluding hydrogens is 535 g/mol. The molecule has 3 fully saturated rings. The number of aryl methyl sites for hydroxylation is 1. The van der Waals surface area contributed by atoms with Gasteiger partial charge in [-0.15, -0.1) is 0 Å². The molecule has 3 atom stereocenters. The number of anilines is 2. The zero-order chi connectivity index (χ0) is 28.8. The summed E-state index contributed by atoms with van der Waals surface area (Å²) in [5.41, 5.74) is 3.80. The number of hydrogen-bond donors (Lipinski definition) is 1. The molecule has 1 N–H and O–H groups in total. The lowest BCUT2D eigenvalue weighted by molar-refractivity contribution is -0.130. The molecule has 6 heterocycles. The summed E-state index contributed by atoms with van der Waals surface area (Å²) in [6.45, 7) is 6.30. The maximum Gasteiger partial charge on any atom is 0.246 e. The fraction of sp³-hybridized carbons (Fsp3) is 0.290. The van der Waals surface area contributed by atoms with Crippen molar-refractivity contribution in [2.45, 2.75) is 44.6 Å². The average Bonchev–Trinajstić information content (AvgIpc) is 3.27. The Morgan fingerprint density at radius 2 is 2.02 bits per heavy atom. The summed E-state index contributed by atoms with van der Waals surface area (Å²) in [7, 11) is 0. The van der Waals surface area contributed by atoms with E-state index in [0.29, 0.717) is 39.9 Å². The lowest BCUT2D eigenvalue weighted by atomic mass is 9.91. The molecule has 5 aromatic rings. The van der Waals surface area contributed by atoms with Crippen LogP contribution in [0, 0.1) is 18.7 Å². The molecule has 1 aliphatic carbocycles. The van der Waals surface area contributed by atoms with Crippen molar-refractivity contribution < 1.29 is 13.9 Å². The van der Waals surface area contributed by atoms with Crippen LogP contribution in [0.4, 0.5) is 15.9 Å². The van der Waals surface area contributed by atoms with Crippen molar-refractivity contribution in [3.8, 4) is 11.5 Å². The van der Waals surface area contributed by atoms with E-state index in [-0.39, 0.29) is 23.6 Å². The van der Waals surface area contributed by atoms with Gasteiger partial charge in [-0.25, -0.2) is 28.8 Å². The van der Waals surface area contributed by atoms with Gasteiger partial charge in [-0.2, -0.15) is 5.10 Å². The Bertz CT molecular complexity index is 1840. The predicted octanol–water partition coefficient (Wildman–Crippen LogP) is 5.72. The van der Waals surface area contributed by atoms with Crippen LogP contribution in [0.3, 0.4) is 0 Å². The maximum absolute atomic E-state index is 15.4. The molecule has 4 aromatic heterocycles. The molecule has 1 saturated carbocycles. The SMILES string of the molecule is C=CC(=O)N1C[C@H]2CC[C@@H]1C[C@H](c1ccc3ncnc(Nc4cc(C)c(Oc5ccn6ncnc6c5)cc4F)c3n1)C2. The number of carbonyl (C=O) groups excluding carboxylic acids is 1. The lowest BCUT2D eigenvalue weighted by Crippen LogP contribution is -2.44. The van der Waals surface area contributed by atoms with Crippen LogP contribution in [-0.2, 0) is 4.79 Å². The Kier molecular flexibility index (Phi) is 6.49. The van der Waals surface area contributed by atoms with Gasteiger partial charge in [-0.05, 0) is 74.4 Å². The van der Waals surface area contributed by atoms with Crippen LogP contribution < -0.4 is 10.1 Å². The van der Waals surface area contributed by atoms with Crippen LogP contribution in [0.2, 0.25) is 0 Å². The fourth-order valence-electron chi connectivity index (χ4n) is 6.25. The molecule has 0 radical (unpaired) electrons. The van der Waals surface area contributed by atoms with E-state index in [0.717, 1.165) is 43.5 Å². The number of nitrogens with zero attached hydrogens (tertiary/aromatic N) is 7. The molecule has 8 rings (SSSR count). The normalized spacial score (nSPS) is 20.0. The van der Waals surface area contributed by atoms with E-state index < -0.39 is 5.82 Å². The number of nitrogens with one attached hydrogen (secondary N) is 1. The first kappa shape index (κ1) is 26.0. The van der Waals surface area contributed by atoms with E-state index in [9.17, 15) is 4.79 Å². The van der Waals surface area contributed by atoms with E-state index in [4.69, 9.17) is 9.72 Å². The van der Waals surface area contributed by atoms with Crippen LogP contribution >= 0.6 is 0 Å². The van der Waals surface area contributed by atoms with Crippen LogP contribution in [0.25, 0.3) is 16.7 Å². The Balaban J connectivity index is 1.15. The molecule has 1 aromatic carbocycles. The third kappa shape index (κ3) is 4.80. The fourth-order valence-corrected chi connectivity index (χ4v) is 6.25. The second-order valence-electron chi connectivity index (χ2n) is 11.0. The van der Waals surface area contributed by atoms with Crippen LogP contribution in [0.15, 0.2) is 67.9 Å². The van der Waals surface area contributed by atoms with Crippen molar-refractivity contribution >= 4 is 34.1 Å². The standard InChI is InChI=1S/C31H29FN8O2/c1-3-29(41)39-15-19-4-5-21(39)12-20(11-19)24-6-7-25-30(37-24)31(35-16-33-25)38-26-10-18(2)27(14-23(26)32)42-22-8-9-40-28(13-22)34-17-36-40/h3,6-10,13-14,16-17,19-21H,1,4-5,11-12,15H2,2H3,(H,33,35,38)/t19-,20+,21+/m0/s1. The van der Waals surface area contributed by atoms with Crippen molar-refractivity contribution in [2.75, 3.05) is 11.9 Å². The van der Waals surface area contributed by atoms with Gasteiger partial charge in [0, 0.05) is 42.5 Å². The lowest BCUT2D eigenvalue weighted by Gasteiger charge is -2.36. The number of pyridine rings is 2. The highest BCUT2D eigenvalue weighted by molar-refractivity contribution is 5.88. The van der Waals surface area contributed by atoms with Gasteiger partial charge in [-0.3, -0.25) is 4.79 Å². The predicted molar refractivity (Wildman–Crippen MR) is 155 cm³/mol. The van der Waals surface area contributed by atoms with E-state index in [1.165, 1.54) is 24.8 Å². The number of carbonyl (C=O) groups is 1. The molecule has 11 heteroatoms. The highest BCUT2D eigenvalue weighted by Gasteiger charge is 2.38. The zero-order valence-corrected chi connectivity index (χ0v) is 23.1. The summed E-state index contributed by atoms with van der Waals surface area (Å²) in [6, 6.07) is 10.7. The zero-order valence-electron chi connectivity index (χ0n) is 23.1. The number of amides is 1. The molecule has 212 valence electrons. The van der Waals surface area contributed by atoms with Crippen molar-refractivity contribution in [3.05, 3.63) is 85.0 Å². The Hall–Kier alpha value is -4.93. The van der Waals surface area contributed by atoms with Crippen molar-refractivity contribution in [3.63, 3.8) is 0 Å². The molecule has 10 nitrogen and oxygen atoms in total. The number of piperidine rings is 1. The largest absolute Gasteiger partial charge is 0.457 e. The average molecular weight is 565 g/mol. The third-order valence-electron chi connectivity index (χ3n) is 8.36. The summed E-state index contributed by atoms with van der Waals surface area (Å²) in [6.07, 6.45) is 9.97. The molecule has 2 saturated heterocycles. The van der Waals surface area contributed by atoms with Crippen molar-refractivity contribution in [1.82, 2.24) is 34.4 Å². The monoisotopic (exact) mass is 564 g/mol. The topological polar surface area (TPSA) is 110 Å². The molecular formula is C31H29FN8O2. The highest BCUT2D eigenvalue weighted by atomic mass is 19.1. The van der Waals surface area contributed by atoms with Gasteiger partial charge in [0.15, 0.2) is 11.5 Å². The number of rotatable bonds is 6. The van der Waals surface area contributed by atoms with Gasteiger partial charge in [0.25, 0.3) is 0 Å². The smallest absolute Gasteiger partial charge is 0.246 e. The van der Waals surface area contributed by atoms with E-state index >= 15 is 4.39 Å². The van der Waals surface area contributed by atoms with E-state index in [1.54, 1.807) is 28.9 Å².